The highest BCUT2D eigenvalue weighted by atomic mass is 16.6. The minimum absolute atomic E-state index is 0.208. The first kappa shape index (κ1) is 6.80. The average Bonchev–Trinajstić information content (AvgIpc) is 2.13. The summed E-state index contributed by atoms with van der Waals surface area (Å²) in [6.07, 6.45) is 1.25. The third kappa shape index (κ3) is 1.15. The lowest BCUT2D eigenvalue weighted by atomic mass is 10.5. The van der Waals surface area contributed by atoms with Crippen molar-refractivity contribution in [3.8, 4) is 0 Å². The van der Waals surface area contributed by atoms with Crippen LogP contribution < -0.4 is 0 Å². The maximum absolute atomic E-state index is 10.7. The van der Waals surface area contributed by atoms with E-state index < -0.39 is 5.97 Å². The number of aliphatic imine (C=N–C) groups is 1. The summed E-state index contributed by atoms with van der Waals surface area (Å²) in [6, 6.07) is 0. The van der Waals surface area contributed by atoms with Crippen LogP contribution in [0.15, 0.2) is 17.0 Å². The topological polar surface area (TPSA) is 47.9 Å². The van der Waals surface area contributed by atoms with Crippen LogP contribution in [0.5, 0.6) is 0 Å². The molecule has 10 heavy (non-hydrogen) atoms. The third-order valence-corrected chi connectivity index (χ3v) is 0.957. The van der Waals surface area contributed by atoms with Gasteiger partial charge < -0.3 is 9.47 Å². The summed E-state index contributed by atoms with van der Waals surface area (Å²) in [4.78, 5) is 14.4. The van der Waals surface area contributed by atoms with Crippen molar-refractivity contribution in [3.05, 3.63) is 12.0 Å². The molecule has 1 aliphatic heterocycles. The Kier molecular flexibility index (Phi) is 1.71. The molecule has 54 valence electrons. The van der Waals surface area contributed by atoms with Gasteiger partial charge in [0.15, 0.2) is 11.6 Å². The fourth-order valence-corrected chi connectivity index (χ4v) is 0.611. The van der Waals surface area contributed by atoms with Crippen molar-refractivity contribution in [2.24, 2.45) is 4.99 Å². The van der Waals surface area contributed by atoms with Gasteiger partial charge in [0, 0.05) is 6.92 Å². The molecule has 0 atom stereocenters. The van der Waals surface area contributed by atoms with Crippen molar-refractivity contribution >= 4 is 11.9 Å². The van der Waals surface area contributed by atoms with Crippen LogP contribution in [0.4, 0.5) is 0 Å². The molecule has 0 aromatic rings. The number of methoxy groups -OCH3 is 1. The summed E-state index contributed by atoms with van der Waals surface area (Å²) >= 11 is 0. The maximum Gasteiger partial charge on any atom is 0.366 e. The molecular formula is C6H7NO3. The van der Waals surface area contributed by atoms with Gasteiger partial charge in [-0.3, -0.25) is 0 Å². The fourth-order valence-electron chi connectivity index (χ4n) is 0.611. The number of carbonyl (C=O) groups excluding carboxylic acids is 1. The zero-order valence-corrected chi connectivity index (χ0v) is 5.75. The quantitative estimate of drug-likeness (QED) is 0.302. The van der Waals surface area contributed by atoms with Crippen LogP contribution >= 0.6 is 0 Å². The van der Waals surface area contributed by atoms with Gasteiger partial charge in [-0.15, -0.1) is 0 Å². The first-order valence-corrected chi connectivity index (χ1v) is 2.74. The Balaban J connectivity index is 2.79. The Bertz CT molecular complexity index is 217. The van der Waals surface area contributed by atoms with Crippen LogP contribution in [0.3, 0.4) is 0 Å². The molecule has 1 rings (SSSR count). The molecule has 0 radical (unpaired) electrons. The zero-order valence-electron chi connectivity index (χ0n) is 5.75. The van der Waals surface area contributed by atoms with Crippen molar-refractivity contribution in [3.63, 3.8) is 0 Å². The molecule has 0 aliphatic carbocycles. The lowest BCUT2D eigenvalue weighted by molar-refractivity contribution is -0.130. The van der Waals surface area contributed by atoms with E-state index in [0.717, 1.165) is 0 Å². The molecule has 0 saturated carbocycles. The lowest BCUT2D eigenvalue weighted by Gasteiger charge is -1.88. The summed E-state index contributed by atoms with van der Waals surface area (Å²) in [5.41, 5.74) is 0.208. The highest BCUT2D eigenvalue weighted by Gasteiger charge is 2.19. The van der Waals surface area contributed by atoms with E-state index in [4.69, 9.17) is 0 Å². The molecule has 4 nitrogen and oxygen atoms in total. The fraction of sp³-hybridized carbons (Fsp3) is 0.333. The number of cyclic esters (lactones) is 1. The Morgan fingerprint density at radius 1 is 1.70 bits per heavy atom. The number of hydrogen-bond donors (Lipinski definition) is 0. The zero-order chi connectivity index (χ0) is 7.56. The SMILES string of the molecule is COC=C1N=C(C)OC1=O. The van der Waals surface area contributed by atoms with Crippen molar-refractivity contribution in [1.82, 2.24) is 0 Å². The Labute approximate surface area is 58.2 Å². The molecule has 0 bridgehead atoms. The summed E-state index contributed by atoms with van der Waals surface area (Å²) in [5.74, 6) is -0.104. The van der Waals surface area contributed by atoms with E-state index in [2.05, 4.69) is 14.5 Å². The monoisotopic (exact) mass is 141 g/mol. The molecule has 1 aliphatic rings. The smallest absolute Gasteiger partial charge is 0.366 e. The van der Waals surface area contributed by atoms with E-state index in [9.17, 15) is 4.79 Å². The van der Waals surface area contributed by atoms with Crippen LogP contribution in [-0.4, -0.2) is 19.0 Å². The number of hydrogen-bond acceptors (Lipinski definition) is 4. The molecule has 1 heterocycles. The molecule has 0 aromatic carbocycles. The first-order chi connectivity index (χ1) is 4.74. The van der Waals surface area contributed by atoms with Gasteiger partial charge in [0.1, 0.15) is 6.26 Å². The van der Waals surface area contributed by atoms with Gasteiger partial charge in [-0.25, -0.2) is 9.79 Å². The molecular weight excluding hydrogens is 134 g/mol. The molecule has 4 heteroatoms. The van der Waals surface area contributed by atoms with Crippen LogP contribution in [0.1, 0.15) is 6.92 Å². The molecule has 0 N–H and O–H groups in total. The number of esters is 1. The van der Waals surface area contributed by atoms with E-state index in [0.29, 0.717) is 5.90 Å². The average molecular weight is 141 g/mol. The van der Waals surface area contributed by atoms with Crippen LogP contribution in [-0.2, 0) is 14.3 Å². The second kappa shape index (κ2) is 2.51. The summed E-state index contributed by atoms with van der Waals surface area (Å²) < 4.78 is 9.16. The molecule has 0 aromatic heterocycles. The standard InChI is InChI=1S/C6H7NO3/c1-4-7-5(3-9-2)6(8)10-4/h3H,1-2H3. The second-order valence-electron chi connectivity index (χ2n) is 1.76. The number of rotatable bonds is 1. The number of carbonyl (C=O) groups is 1. The number of nitrogens with zero attached hydrogens (tertiary/aromatic N) is 1. The van der Waals surface area contributed by atoms with Crippen LogP contribution in [0.2, 0.25) is 0 Å². The Morgan fingerprint density at radius 2 is 2.40 bits per heavy atom. The van der Waals surface area contributed by atoms with Crippen LogP contribution in [0.25, 0.3) is 0 Å². The largest absolute Gasteiger partial charge is 0.502 e. The van der Waals surface area contributed by atoms with Gasteiger partial charge in [0.2, 0.25) is 0 Å². The van der Waals surface area contributed by atoms with Gasteiger partial charge in [0.05, 0.1) is 7.11 Å². The minimum Gasteiger partial charge on any atom is -0.502 e. The lowest BCUT2D eigenvalue weighted by Crippen LogP contribution is -1.99. The predicted octanol–water partition coefficient (Wildman–Crippen LogP) is 0.449. The Hall–Kier alpha value is -1.32. The van der Waals surface area contributed by atoms with Crippen molar-refractivity contribution in [2.75, 3.05) is 7.11 Å². The van der Waals surface area contributed by atoms with E-state index >= 15 is 0 Å². The van der Waals surface area contributed by atoms with E-state index in [1.807, 2.05) is 0 Å². The second-order valence-corrected chi connectivity index (χ2v) is 1.76. The van der Waals surface area contributed by atoms with Crippen molar-refractivity contribution in [1.29, 1.82) is 0 Å². The molecule has 0 unspecified atom stereocenters. The van der Waals surface area contributed by atoms with E-state index in [-0.39, 0.29) is 5.70 Å². The van der Waals surface area contributed by atoms with Crippen molar-refractivity contribution in [2.45, 2.75) is 6.92 Å². The Morgan fingerprint density at radius 3 is 2.80 bits per heavy atom. The summed E-state index contributed by atoms with van der Waals surface area (Å²) in [6.45, 7) is 1.61. The molecule has 0 saturated heterocycles. The van der Waals surface area contributed by atoms with Gasteiger partial charge >= 0.3 is 5.97 Å². The van der Waals surface area contributed by atoms with Crippen LogP contribution in [0, 0.1) is 0 Å². The third-order valence-electron chi connectivity index (χ3n) is 0.957. The highest BCUT2D eigenvalue weighted by Crippen LogP contribution is 2.09. The minimum atomic E-state index is -0.459. The first-order valence-electron chi connectivity index (χ1n) is 2.74. The highest BCUT2D eigenvalue weighted by molar-refractivity contribution is 6.03. The summed E-state index contributed by atoms with van der Waals surface area (Å²) in [7, 11) is 1.45. The van der Waals surface area contributed by atoms with Gasteiger partial charge in [-0.05, 0) is 0 Å². The van der Waals surface area contributed by atoms with E-state index in [1.54, 1.807) is 6.92 Å². The molecule has 0 spiro atoms. The van der Waals surface area contributed by atoms with Crippen molar-refractivity contribution < 1.29 is 14.3 Å². The predicted molar refractivity (Wildman–Crippen MR) is 34.3 cm³/mol. The molecule has 0 fully saturated rings. The van der Waals surface area contributed by atoms with Gasteiger partial charge in [0.25, 0.3) is 0 Å². The van der Waals surface area contributed by atoms with Gasteiger partial charge in [-0.2, -0.15) is 0 Å². The summed E-state index contributed by atoms with van der Waals surface area (Å²) in [5, 5.41) is 0. The van der Waals surface area contributed by atoms with E-state index in [1.165, 1.54) is 13.4 Å². The molecule has 0 amide bonds. The van der Waals surface area contributed by atoms with Gasteiger partial charge in [-0.1, -0.05) is 0 Å². The normalized spacial score (nSPS) is 20.8. The number of ether oxygens (including phenoxy) is 2. The maximum atomic E-state index is 10.7.